The molecule has 134 valence electrons. The van der Waals surface area contributed by atoms with Crippen LogP contribution in [0.1, 0.15) is 18.1 Å². The summed E-state index contributed by atoms with van der Waals surface area (Å²) >= 11 is 0. The first-order valence-electron chi connectivity index (χ1n) is 8.42. The van der Waals surface area contributed by atoms with Gasteiger partial charge in [0.05, 0.1) is 13.2 Å². The third-order valence-corrected chi connectivity index (χ3v) is 3.69. The van der Waals surface area contributed by atoms with E-state index in [2.05, 4.69) is 20.7 Å². The zero-order chi connectivity index (χ0) is 18.2. The van der Waals surface area contributed by atoms with Crippen LogP contribution in [0.25, 0.3) is 0 Å². The van der Waals surface area contributed by atoms with Gasteiger partial charge in [-0.3, -0.25) is 4.68 Å². The number of anilines is 1. The molecule has 0 unspecified atom stereocenters. The van der Waals surface area contributed by atoms with Gasteiger partial charge in [0.1, 0.15) is 0 Å². The van der Waals surface area contributed by atoms with E-state index in [1.165, 1.54) is 0 Å². The van der Waals surface area contributed by atoms with E-state index in [9.17, 15) is 4.79 Å². The smallest absolute Gasteiger partial charge is 0.319 e. The van der Waals surface area contributed by atoms with Crippen LogP contribution in [0.3, 0.4) is 0 Å². The third kappa shape index (κ3) is 4.83. The van der Waals surface area contributed by atoms with Crippen molar-refractivity contribution in [3.05, 3.63) is 72.2 Å². The minimum atomic E-state index is -0.281. The van der Waals surface area contributed by atoms with Crippen molar-refractivity contribution in [2.75, 3.05) is 11.9 Å². The molecule has 0 aliphatic rings. The highest BCUT2D eigenvalue weighted by molar-refractivity contribution is 5.89. The Bertz CT molecular complexity index is 831. The molecule has 3 rings (SSSR count). The topological polar surface area (TPSA) is 81.1 Å². The lowest BCUT2D eigenvalue weighted by atomic mass is 10.2. The van der Waals surface area contributed by atoms with Crippen molar-refractivity contribution in [1.82, 2.24) is 20.1 Å². The fraction of sp³-hybridized carbons (Fsp3) is 0.211. The summed E-state index contributed by atoms with van der Waals surface area (Å²) in [6.07, 6.45) is 5.33. The van der Waals surface area contributed by atoms with Crippen LogP contribution in [0.2, 0.25) is 0 Å². The molecule has 0 atom stereocenters. The molecule has 0 aliphatic heterocycles. The number of hydrogen-bond donors (Lipinski definition) is 2. The highest BCUT2D eigenvalue weighted by Gasteiger charge is 2.07. The number of carbonyl (C=O) groups excluding carboxylic acids is 1. The van der Waals surface area contributed by atoms with Gasteiger partial charge in [0, 0.05) is 36.4 Å². The van der Waals surface area contributed by atoms with Crippen LogP contribution in [0.15, 0.2) is 61.1 Å². The molecule has 2 heterocycles. The number of hydrogen-bond acceptors (Lipinski definition) is 4. The molecule has 0 saturated heterocycles. The summed E-state index contributed by atoms with van der Waals surface area (Å²) in [5.41, 5.74) is 2.67. The molecule has 26 heavy (non-hydrogen) atoms. The normalized spacial score (nSPS) is 10.3. The average molecular weight is 351 g/mol. The zero-order valence-corrected chi connectivity index (χ0v) is 14.6. The molecule has 7 heteroatoms. The fourth-order valence-electron chi connectivity index (χ4n) is 2.45. The Morgan fingerprint density at radius 3 is 2.73 bits per heavy atom. The fourth-order valence-corrected chi connectivity index (χ4v) is 2.45. The second kappa shape index (κ2) is 8.66. The maximum absolute atomic E-state index is 12.1. The first kappa shape index (κ1) is 17.5. The molecule has 1 aromatic carbocycles. The maximum Gasteiger partial charge on any atom is 0.319 e. The second-order valence-electron chi connectivity index (χ2n) is 5.61. The largest absolute Gasteiger partial charge is 0.478 e. The number of urea groups is 1. The molecule has 2 amide bonds. The van der Waals surface area contributed by atoms with Crippen LogP contribution >= 0.6 is 0 Å². The molecule has 2 aromatic heterocycles. The van der Waals surface area contributed by atoms with Gasteiger partial charge < -0.3 is 15.4 Å². The summed E-state index contributed by atoms with van der Waals surface area (Å²) in [4.78, 5) is 16.3. The number of benzene rings is 1. The molecule has 0 fully saturated rings. The van der Waals surface area contributed by atoms with Gasteiger partial charge in [-0.2, -0.15) is 5.10 Å². The number of carbonyl (C=O) groups is 1. The molecule has 0 aliphatic carbocycles. The van der Waals surface area contributed by atoms with Gasteiger partial charge in [-0.1, -0.05) is 18.2 Å². The number of nitrogens with one attached hydrogen (secondary N) is 2. The number of nitrogens with zero attached hydrogens (tertiary/aromatic N) is 3. The molecule has 0 radical (unpaired) electrons. The second-order valence-corrected chi connectivity index (χ2v) is 5.61. The van der Waals surface area contributed by atoms with Crippen LogP contribution < -0.4 is 15.4 Å². The first-order valence-corrected chi connectivity index (χ1v) is 8.42. The van der Waals surface area contributed by atoms with Gasteiger partial charge in [0.2, 0.25) is 5.88 Å². The lowest BCUT2D eigenvalue weighted by Gasteiger charge is -2.11. The predicted octanol–water partition coefficient (Wildman–Crippen LogP) is 3.05. The van der Waals surface area contributed by atoms with Crippen molar-refractivity contribution in [3.8, 4) is 5.88 Å². The molecule has 7 nitrogen and oxygen atoms in total. The lowest BCUT2D eigenvalue weighted by molar-refractivity contribution is 0.251. The van der Waals surface area contributed by atoms with Crippen molar-refractivity contribution in [3.63, 3.8) is 0 Å². The standard InChI is InChI=1S/C19H21N5O2/c1-2-26-18-16(5-3-10-20-18)13-21-19(25)23-17-8-6-15(7-9-17)14-24-12-4-11-22-24/h3-12H,2,13-14H2,1H3,(H2,21,23,25). The number of pyridine rings is 1. The van der Waals surface area contributed by atoms with Gasteiger partial charge in [0.25, 0.3) is 0 Å². The number of ether oxygens (including phenoxy) is 1. The molecule has 0 bridgehead atoms. The van der Waals surface area contributed by atoms with E-state index in [1.807, 2.05) is 60.3 Å². The number of amides is 2. The SMILES string of the molecule is CCOc1ncccc1CNC(=O)Nc1ccc(Cn2cccn2)cc1. The Hall–Kier alpha value is -3.35. The summed E-state index contributed by atoms with van der Waals surface area (Å²) in [5.74, 6) is 0.540. The summed E-state index contributed by atoms with van der Waals surface area (Å²) in [6, 6.07) is 13.0. The van der Waals surface area contributed by atoms with Crippen LogP contribution in [0.5, 0.6) is 5.88 Å². The third-order valence-electron chi connectivity index (χ3n) is 3.69. The Labute approximate surface area is 152 Å². The van der Waals surface area contributed by atoms with E-state index >= 15 is 0 Å². The minimum absolute atomic E-state index is 0.281. The lowest BCUT2D eigenvalue weighted by Crippen LogP contribution is -2.28. The zero-order valence-electron chi connectivity index (χ0n) is 14.6. The quantitative estimate of drug-likeness (QED) is 0.685. The van der Waals surface area contributed by atoms with Crippen molar-refractivity contribution >= 4 is 11.7 Å². The maximum atomic E-state index is 12.1. The van der Waals surface area contributed by atoms with Crippen molar-refractivity contribution in [1.29, 1.82) is 0 Å². The highest BCUT2D eigenvalue weighted by Crippen LogP contribution is 2.14. The highest BCUT2D eigenvalue weighted by atomic mass is 16.5. The molecule has 2 N–H and O–H groups in total. The van der Waals surface area contributed by atoms with Gasteiger partial charge in [-0.25, -0.2) is 9.78 Å². The van der Waals surface area contributed by atoms with E-state index in [0.717, 1.165) is 16.8 Å². The van der Waals surface area contributed by atoms with E-state index < -0.39 is 0 Å². The van der Waals surface area contributed by atoms with Crippen LogP contribution in [0.4, 0.5) is 10.5 Å². The minimum Gasteiger partial charge on any atom is -0.478 e. The van der Waals surface area contributed by atoms with Crippen molar-refractivity contribution < 1.29 is 9.53 Å². The van der Waals surface area contributed by atoms with E-state index in [1.54, 1.807) is 12.4 Å². The molecular weight excluding hydrogens is 330 g/mol. The number of aromatic nitrogens is 3. The number of rotatable bonds is 7. The Balaban J connectivity index is 1.52. The van der Waals surface area contributed by atoms with Gasteiger partial charge in [0.15, 0.2) is 0 Å². The summed E-state index contributed by atoms with van der Waals surface area (Å²) < 4.78 is 7.30. The molecular formula is C19H21N5O2. The summed E-state index contributed by atoms with van der Waals surface area (Å²) in [5, 5.41) is 9.81. The Morgan fingerprint density at radius 2 is 2.00 bits per heavy atom. The Morgan fingerprint density at radius 1 is 1.15 bits per heavy atom. The Kier molecular flexibility index (Phi) is 5.82. The summed E-state index contributed by atoms with van der Waals surface area (Å²) in [6.45, 7) is 3.46. The van der Waals surface area contributed by atoms with Crippen LogP contribution in [0, 0.1) is 0 Å². The molecule has 0 saturated carbocycles. The van der Waals surface area contributed by atoms with Crippen LogP contribution in [-0.2, 0) is 13.1 Å². The van der Waals surface area contributed by atoms with E-state index in [0.29, 0.717) is 25.6 Å². The molecule has 3 aromatic rings. The predicted molar refractivity (Wildman–Crippen MR) is 99.0 cm³/mol. The molecule has 0 spiro atoms. The van der Waals surface area contributed by atoms with Crippen molar-refractivity contribution in [2.24, 2.45) is 0 Å². The van der Waals surface area contributed by atoms with Gasteiger partial charge in [-0.15, -0.1) is 0 Å². The van der Waals surface area contributed by atoms with Crippen molar-refractivity contribution in [2.45, 2.75) is 20.0 Å². The monoisotopic (exact) mass is 351 g/mol. The van der Waals surface area contributed by atoms with Crippen LogP contribution in [-0.4, -0.2) is 27.4 Å². The van der Waals surface area contributed by atoms with E-state index in [-0.39, 0.29) is 6.03 Å². The first-order chi connectivity index (χ1) is 12.7. The average Bonchev–Trinajstić information content (AvgIpc) is 3.16. The van der Waals surface area contributed by atoms with Gasteiger partial charge >= 0.3 is 6.03 Å². The van der Waals surface area contributed by atoms with E-state index in [4.69, 9.17) is 4.74 Å². The summed E-state index contributed by atoms with van der Waals surface area (Å²) in [7, 11) is 0. The van der Waals surface area contributed by atoms with Gasteiger partial charge in [-0.05, 0) is 36.8 Å².